The molecule has 0 aliphatic carbocycles. The van der Waals surface area contributed by atoms with Crippen molar-refractivity contribution in [2.24, 2.45) is 0 Å². The van der Waals surface area contributed by atoms with Gasteiger partial charge in [0.15, 0.2) is 0 Å². The van der Waals surface area contributed by atoms with Crippen molar-refractivity contribution in [3.8, 4) is 0 Å². The van der Waals surface area contributed by atoms with Crippen LogP contribution in [0, 0.1) is 0 Å². The van der Waals surface area contributed by atoms with E-state index in [0.29, 0.717) is 26.1 Å². The molecule has 0 radical (unpaired) electrons. The summed E-state index contributed by atoms with van der Waals surface area (Å²) in [7, 11) is -3.32. The first-order valence-corrected chi connectivity index (χ1v) is 9.27. The van der Waals surface area contributed by atoms with Crippen LogP contribution < -0.4 is 0 Å². The van der Waals surface area contributed by atoms with Gasteiger partial charge in [-0.2, -0.15) is 4.31 Å². The monoisotopic (exact) mass is 332 g/mol. The molecule has 6 heteroatoms. The molecule has 0 unspecified atom stereocenters. The van der Waals surface area contributed by atoms with Crippen LogP contribution in [0.3, 0.4) is 0 Å². The molecule has 0 N–H and O–H groups in total. The largest absolute Gasteiger partial charge is 0.375 e. The highest BCUT2D eigenvalue weighted by atomic mass is 32.2. The Morgan fingerprint density at radius 2 is 1.91 bits per heavy atom. The van der Waals surface area contributed by atoms with Crippen LogP contribution in [0.25, 0.3) is 0 Å². The average Bonchev–Trinajstić information content (AvgIpc) is 2.57. The molecule has 2 aromatic rings. The first-order valence-electron chi connectivity index (χ1n) is 7.66. The molecule has 1 saturated heterocycles. The first-order chi connectivity index (χ1) is 11.1. The zero-order valence-corrected chi connectivity index (χ0v) is 13.7. The summed E-state index contributed by atoms with van der Waals surface area (Å²) in [5.74, 6) is 0.0352. The van der Waals surface area contributed by atoms with Gasteiger partial charge in [-0.05, 0) is 17.2 Å². The summed E-state index contributed by atoms with van der Waals surface area (Å²) in [4.78, 5) is 4.09. The van der Waals surface area contributed by atoms with Crippen LogP contribution in [-0.4, -0.2) is 43.5 Å². The normalized spacial score (nSPS) is 19.6. The van der Waals surface area contributed by atoms with E-state index in [1.165, 1.54) is 0 Å². The van der Waals surface area contributed by atoms with Gasteiger partial charge >= 0.3 is 0 Å². The van der Waals surface area contributed by atoms with Crippen LogP contribution >= 0.6 is 0 Å². The van der Waals surface area contributed by atoms with Crippen LogP contribution in [0.1, 0.15) is 11.1 Å². The van der Waals surface area contributed by atoms with E-state index in [0.717, 1.165) is 11.1 Å². The minimum atomic E-state index is -3.32. The van der Waals surface area contributed by atoms with Crippen LogP contribution in [0.2, 0.25) is 0 Å². The van der Waals surface area contributed by atoms with Gasteiger partial charge in [0.05, 0.1) is 18.5 Å². The zero-order chi connectivity index (χ0) is 16.1. The van der Waals surface area contributed by atoms with Gasteiger partial charge in [0.25, 0.3) is 0 Å². The number of nitrogens with zero attached hydrogens (tertiary/aromatic N) is 2. The lowest BCUT2D eigenvalue weighted by atomic mass is 10.1. The molecule has 122 valence electrons. The SMILES string of the molecule is O=S(=O)(Cc1ccccc1)N1CCO[C@@H](Cc2cccnc2)C1. The number of ether oxygens (including phenoxy) is 1. The second-order valence-electron chi connectivity index (χ2n) is 5.66. The minimum Gasteiger partial charge on any atom is -0.375 e. The fourth-order valence-electron chi connectivity index (χ4n) is 2.73. The summed E-state index contributed by atoms with van der Waals surface area (Å²) >= 11 is 0. The molecule has 1 aliphatic rings. The molecule has 0 amide bonds. The quantitative estimate of drug-likeness (QED) is 0.838. The third-order valence-corrected chi connectivity index (χ3v) is 5.69. The highest BCUT2D eigenvalue weighted by molar-refractivity contribution is 7.88. The Kier molecular flexibility index (Phi) is 5.05. The number of morpholine rings is 1. The van der Waals surface area contributed by atoms with E-state index < -0.39 is 10.0 Å². The molecule has 5 nitrogen and oxygen atoms in total. The Bertz CT molecular complexity index is 720. The summed E-state index contributed by atoms with van der Waals surface area (Å²) < 4.78 is 32.5. The van der Waals surface area contributed by atoms with Gasteiger partial charge in [-0.15, -0.1) is 0 Å². The van der Waals surface area contributed by atoms with Crippen molar-refractivity contribution in [2.75, 3.05) is 19.7 Å². The van der Waals surface area contributed by atoms with E-state index in [-0.39, 0.29) is 11.9 Å². The summed E-state index contributed by atoms with van der Waals surface area (Å²) in [5, 5.41) is 0. The zero-order valence-electron chi connectivity index (χ0n) is 12.8. The summed E-state index contributed by atoms with van der Waals surface area (Å²) in [6.07, 6.45) is 4.06. The van der Waals surface area contributed by atoms with E-state index in [9.17, 15) is 8.42 Å². The van der Waals surface area contributed by atoms with Gasteiger partial charge in [0.1, 0.15) is 0 Å². The van der Waals surface area contributed by atoms with Gasteiger partial charge in [0.2, 0.25) is 10.0 Å². The Labute approximate surface area is 137 Å². The molecule has 23 heavy (non-hydrogen) atoms. The van der Waals surface area contributed by atoms with E-state index in [4.69, 9.17) is 4.74 Å². The van der Waals surface area contributed by atoms with Gasteiger partial charge in [0, 0.05) is 31.9 Å². The first kappa shape index (κ1) is 16.1. The van der Waals surface area contributed by atoms with Gasteiger partial charge in [-0.3, -0.25) is 4.98 Å². The lowest BCUT2D eigenvalue weighted by molar-refractivity contribution is -0.000580. The van der Waals surface area contributed by atoms with Crippen LogP contribution in [0.15, 0.2) is 54.9 Å². The number of hydrogen-bond donors (Lipinski definition) is 0. The fraction of sp³-hybridized carbons (Fsp3) is 0.353. The molecule has 1 aliphatic heterocycles. The molecule has 0 saturated carbocycles. The van der Waals surface area contributed by atoms with E-state index in [1.807, 2.05) is 42.5 Å². The van der Waals surface area contributed by atoms with Crippen molar-refractivity contribution in [1.29, 1.82) is 0 Å². The van der Waals surface area contributed by atoms with Crippen LogP contribution in [0.4, 0.5) is 0 Å². The van der Waals surface area contributed by atoms with Gasteiger partial charge in [-0.1, -0.05) is 36.4 Å². The molecule has 1 atom stereocenters. The Morgan fingerprint density at radius 1 is 1.13 bits per heavy atom. The van der Waals surface area contributed by atoms with Crippen LogP contribution in [-0.2, 0) is 26.9 Å². The summed E-state index contributed by atoms with van der Waals surface area (Å²) in [6, 6.07) is 13.1. The second-order valence-corrected chi connectivity index (χ2v) is 7.63. The van der Waals surface area contributed by atoms with Gasteiger partial charge < -0.3 is 4.74 Å². The number of sulfonamides is 1. The number of benzene rings is 1. The Balaban J connectivity index is 1.65. The summed E-state index contributed by atoms with van der Waals surface area (Å²) in [6.45, 7) is 1.24. The number of hydrogen-bond acceptors (Lipinski definition) is 4. The highest BCUT2D eigenvalue weighted by Crippen LogP contribution is 2.17. The van der Waals surface area contributed by atoms with Crippen molar-refractivity contribution >= 4 is 10.0 Å². The maximum absolute atomic E-state index is 12.6. The molecule has 1 aromatic heterocycles. The van der Waals surface area contributed by atoms with Crippen molar-refractivity contribution in [1.82, 2.24) is 9.29 Å². The molecule has 0 spiro atoms. The highest BCUT2D eigenvalue weighted by Gasteiger charge is 2.29. The Morgan fingerprint density at radius 3 is 2.65 bits per heavy atom. The average molecular weight is 332 g/mol. The third-order valence-electron chi connectivity index (χ3n) is 3.87. The smallest absolute Gasteiger partial charge is 0.218 e. The molecule has 1 aromatic carbocycles. The third kappa shape index (κ3) is 4.37. The predicted molar refractivity (Wildman–Crippen MR) is 88.3 cm³/mol. The Hall–Kier alpha value is -1.76. The molecular weight excluding hydrogens is 312 g/mol. The predicted octanol–water partition coefficient (Wildman–Crippen LogP) is 1.85. The number of pyridine rings is 1. The van der Waals surface area contributed by atoms with Crippen molar-refractivity contribution in [3.63, 3.8) is 0 Å². The summed E-state index contributed by atoms with van der Waals surface area (Å²) in [5.41, 5.74) is 1.86. The van der Waals surface area contributed by atoms with Crippen molar-refractivity contribution < 1.29 is 13.2 Å². The number of rotatable bonds is 5. The van der Waals surface area contributed by atoms with E-state index in [2.05, 4.69) is 4.98 Å². The molecule has 1 fully saturated rings. The molecular formula is C17H20N2O3S. The fourth-order valence-corrected chi connectivity index (χ4v) is 4.27. The maximum atomic E-state index is 12.6. The molecule has 2 heterocycles. The maximum Gasteiger partial charge on any atom is 0.218 e. The van der Waals surface area contributed by atoms with Crippen molar-refractivity contribution in [3.05, 3.63) is 66.0 Å². The minimum absolute atomic E-state index is 0.0352. The van der Waals surface area contributed by atoms with Gasteiger partial charge in [-0.25, -0.2) is 8.42 Å². The lowest BCUT2D eigenvalue weighted by Gasteiger charge is -2.32. The van der Waals surface area contributed by atoms with Crippen LogP contribution in [0.5, 0.6) is 0 Å². The number of aromatic nitrogens is 1. The second kappa shape index (κ2) is 7.21. The molecule has 0 bridgehead atoms. The standard InChI is InChI=1S/C17H20N2O3S/c20-23(21,14-15-5-2-1-3-6-15)19-9-10-22-17(13-19)11-16-7-4-8-18-12-16/h1-8,12,17H,9-11,13-14H2/t17-/m0/s1. The molecule has 3 rings (SSSR count). The van der Waals surface area contributed by atoms with Crippen molar-refractivity contribution in [2.45, 2.75) is 18.3 Å². The topological polar surface area (TPSA) is 59.5 Å². The van der Waals surface area contributed by atoms with E-state index in [1.54, 1.807) is 16.7 Å². The lowest BCUT2D eigenvalue weighted by Crippen LogP contribution is -2.46. The van der Waals surface area contributed by atoms with E-state index >= 15 is 0 Å².